The molecular formula is C18H25N3O5S. The van der Waals surface area contributed by atoms with E-state index < -0.39 is 21.8 Å². The number of carboxylic acids is 1. The summed E-state index contributed by atoms with van der Waals surface area (Å²) in [7, 11) is -3.33. The van der Waals surface area contributed by atoms with Crippen LogP contribution >= 0.6 is 0 Å². The van der Waals surface area contributed by atoms with Crippen molar-refractivity contribution in [2.45, 2.75) is 42.7 Å². The van der Waals surface area contributed by atoms with E-state index >= 15 is 0 Å². The van der Waals surface area contributed by atoms with E-state index in [1.54, 1.807) is 12.1 Å². The normalized spacial score (nSPS) is 22.1. The van der Waals surface area contributed by atoms with Crippen molar-refractivity contribution in [1.82, 2.24) is 10.2 Å². The van der Waals surface area contributed by atoms with Crippen molar-refractivity contribution in [3.63, 3.8) is 0 Å². The summed E-state index contributed by atoms with van der Waals surface area (Å²) in [4.78, 5) is 25.3. The van der Waals surface area contributed by atoms with Crippen LogP contribution in [0.1, 0.15) is 25.7 Å². The Bertz CT molecular complexity index is 816. The number of carboxylic acid groups (broad SMARTS) is 1. The van der Waals surface area contributed by atoms with Gasteiger partial charge < -0.3 is 15.7 Å². The van der Waals surface area contributed by atoms with Crippen molar-refractivity contribution < 1.29 is 23.1 Å². The van der Waals surface area contributed by atoms with Crippen LogP contribution < -0.4 is 10.6 Å². The maximum atomic E-state index is 12.1. The first-order valence-corrected chi connectivity index (χ1v) is 10.9. The van der Waals surface area contributed by atoms with Gasteiger partial charge in [-0.25, -0.2) is 13.2 Å². The number of anilines is 1. The Morgan fingerprint density at radius 3 is 2.56 bits per heavy atom. The average molecular weight is 395 g/mol. The summed E-state index contributed by atoms with van der Waals surface area (Å²) in [5.74, 6) is -0.211. The van der Waals surface area contributed by atoms with Gasteiger partial charge in [-0.3, -0.25) is 9.69 Å². The summed E-state index contributed by atoms with van der Waals surface area (Å²) in [5, 5.41) is 14.6. The molecule has 1 aromatic carbocycles. The molecule has 2 aliphatic rings. The lowest BCUT2D eigenvalue weighted by molar-refractivity contribution is -0.139. The molecule has 2 amide bonds. The molecule has 0 radical (unpaired) electrons. The standard InChI is InChI=1S/C18H25N3O5S/c1-27(25,26)16-4-2-3-13(9-16)19-18(24)20-14-7-15(8-14)21(11-17(22)23)10-12-5-6-12/h2-4,9,12,14-15H,5-8,10-11H2,1H3,(H,22,23)(H2,19,20,24). The van der Waals surface area contributed by atoms with E-state index in [4.69, 9.17) is 5.11 Å². The average Bonchev–Trinajstić information content (AvgIpc) is 3.33. The molecule has 0 aliphatic heterocycles. The third-order valence-electron chi connectivity index (χ3n) is 5.01. The second-order valence-electron chi connectivity index (χ2n) is 7.49. The zero-order valence-corrected chi connectivity index (χ0v) is 16.0. The van der Waals surface area contributed by atoms with Crippen molar-refractivity contribution in [3.8, 4) is 0 Å². The van der Waals surface area contributed by atoms with Gasteiger partial charge in [0.05, 0.1) is 11.4 Å². The summed E-state index contributed by atoms with van der Waals surface area (Å²) >= 11 is 0. The lowest BCUT2D eigenvalue weighted by atomic mass is 9.85. The highest BCUT2D eigenvalue weighted by Gasteiger charge is 2.37. The molecule has 3 rings (SSSR count). The lowest BCUT2D eigenvalue weighted by Gasteiger charge is -2.42. The van der Waals surface area contributed by atoms with E-state index in [0.717, 1.165) is 25.6 Å². The molecule has 0 aromatic heterocycles. The Morgan fingerprint density at radius 1 is 1.26 bits per heavy atom. The zero-order chi connectivity index (χ0) is 19.6. The second kappa shape index (κ2) is 7.85. The van der Waals surface area contributed by atoms with E-state index in [0.29, 0.717) is 11.6 Å². The largest absolute Gasteiger partial charge is 0.480 e. The molecule has 0 saturated heterocycles. The van der Waals surface area contributed by atoms with Crippen molar-refractivity contribution in [3.05, 3.63) is 24.3 Å². The quantitative estimate of drug-likeness (QED) is 0.615. The predicted molar refractivity (Wildman–Crippen MR) is 100 cm³/mol. The SMILES string of the molecule is CS(=O)(=O)c1cccc(NC(=O)NC2CC(N(CC(=O)O)CC3CC3)C2)c1. The van der Waals surface area contributed by atoms with Gasteiger partial charge in [-0.15, -0.1) is 0 Å². The number of carbonyl (C=O) groups excluding carboxylic acids is 1. The van der Waals surface area contributed by atoms with Gasteiger partial charge in [-0.2, -0.15) is 0 Å². The van der Waals surface area contributed by atoms with Crippen LogP contribution in [0.5, 0.6) is 0 Å². The van der Waals surface area contributed by atoms with Gasteiger partial charge in [-0.1, -0.05) is 6.07 Å². The molecule has 148 valence electrons. The summed E-state index contributed by atoms with van der Waals surface area (Å²) in [6.45, 7) is 0.854. The Labute approximate surface area is 158 Å². The Kier molecular flexibility index (Phi) is 5.71. The maximum absolute atomic E-state index is 12.1. The van der Waals surface area contributed by atoms with E-state index in [2.05, 4.69) is 10.6 Å². The van der Waals surface area contributed by atoms with Crippen LogP contribution in [0, 0.1) is 5.92 Å². The molecule has 0 bridgehead atoms. The summed E-state index contributed by atoms with van der Waals surface area (Å²) < 4.78 is 23.2. The summed E-state index contributed by atoms with van der Waals surface area (Å²) in [6.07, 6.45) is 4.89. The van der Waals surface area contributed by atoms with E-state index in [1.807, 2.05) is 4.90 Å². The molecule has 0 spiro atoms. The van der Waals surface area contributed by atoms with Gasteiger partial charge in [0.1, 0.15) is 0 Å². The molecule has 2 fully saturated rings. The third-order valence-corrected chi connectivity index (χ3v) is 6.12. The van der Waals surface area contributed by atoms with E-state index in [-0.39, 0.29) is 23.5 Å². The second-order valence-corrected chi connectivity index (χ2v) is 9.50. The molecule has 0 atom stereocenters. The fourth-order valence-corrected chi connectivity index (χ4v) is 3.98. The molecule has 9 heteroatoms. The Balaban J connectivity index is 1.48. The molecule has 0 unspecified atom stereocenters. The predicted octanol–water partition coefficient (Wildman–Crippen LogP) is 1.54. The van der Waals surface area contributed by atoms with Gasteiger partial charge in [-0.05, 0) is 49.8 Å². The Hall–Kier alpha value is -2.13. The number of nitrogens with zero attached hydrogens (tertiary/aromatic N) is 1. The van der Waals surface area contributed by atoms with E-state index in [9.17, 15) is 18.0 Å². The minimum Gasteiger partial charge on any atom is -0.480 e. The molecule has 2 saturated carbocycles. The maximum Gasteiger partial charge on any atom is 0.319 e. The molecule has 27 heavy (non-hydrogen) atoms. The number of amides is 2. The van der Waals surface area contributed by atoms with Gasteiger partial charge in [0, 0.05) is 30.6 Å². The molecule has 3 N–H and O–H groups in total. The lowest BCUT2D eigenvalue weighted by Crippen LogP contribution is -2.55. The fourth-order valence-electron chi connectivity index (χ4n) is 3.31. The van der Waals surface area contributed by atoms with E-state index in [1.165, 1.54) is 25.0 Å². The number of rotatable bonds is 8. The summed E-state index contributed by atoms with van der Waals surface area (Å²) in [6, 6.07) is 5.88. The monoisotopic (exact) mass is 395 g/mol. The fraction of sp³-hybridized carbons (Fsp3) is 0.556. The van der Waals surface area contributed by atoms with Crippen LogP contribution in [-0.2, 0) is 14.6 Å². The topological polar surface area (TPSA) is 116 Å². The van der Waals surface area contributed by atoms with Gasteiger partial charge >= 0.3 is 12.0 Å². The zero-order valence-electron chi connectivity index (χ0n) is 15.2. The first-order chi connectivity index (χ1) is 12.7. The number of nitrogens with one attached hydrogen (secondary N) is 2. The van der Waals surface area contributed by atoms with Gasteiger partial charge in [0.15, 0.2) is 9.84 Å². The number of carbonyl (C=O) groups is 2. The highest BCUT2D eigenvalue weighted by Crippen LogP contribution is 2.33. The smallest absolute Gasteiger partial charge is 0.319 e. The van der Waals surface area contributed by atoms with Crippen LogP contribution in [0.3, 0.4) is 0 Å². The van der Waals surface area contributed by atoms with Crippen LogP contribution in [0.15, 0.2) is 29.2 Å². The van der Waals surface area contributed by atoms with Crippen molar-refractivity contribution in [1.29, 1.82) is 0 Å². The minimum atomic E-state index is -3.33. The van der Waals surface area contributed by atoms with Gasteiger partial charge in [0.2, 0.25) is 0 Å². The number of benzene rings is 1. The van der Waals surface area contributed by atoms with Crippen LogP contribution in [0.2, 0.25) is 0 Å². The van der Waals surface area contributed by atoms with Crippen LogP contribution in [0.25, 0.3) is 0 Å². The Morgan fingerprint density at radius 2 is 1.96 bits per heavy atom. The number of hydrogen-bond acceptors (Lipinski definition) is 5. The first-order valence-electron chi connectivity index (χ1n) is 9.04. The van der Waals surface area contributed by atoms with Crippen molar-refractivity contribution in [2.24, 2.45) is 5.92 Å². The molecule has 0 heterocycles. The van der Waals surface area contributed by atoms with Crippen LogP contribution in [0.4, 0.5) is 10.5 Å². The molecule has 2 aliphatic carbocycles. The van der Waals surface area contributed by atoms with Gasteiger partial charge in [0.25, 0.3) is 0 Å². The number of hydrogen-bond donors (Lipinski definition) is 3. The van der Waals surface area contributed by atoms with Crippen LogP contribution in [-0.4, -0.2) is 61.9 Å². The molecular weight excluding hydrogens is 370 g/mol. The molecule has 1 aromatic rings. The van der Waals surface area contributed by atoms with Crippen molar-refractivity contribution >= 4 is 27.5 Å². The third kappa shape index (κ3) is 5.67. The molecule has 8 nitrogen and oxygen atoms in total. The number of aliphatic carboxylic acids is 1. The summed E-state index contributed by atoms with van der Waals surface area (Å²) in [5.41, 5.74) is 0.410. The number of urea groups is 1. The minimum absolute atomic E-state index is 0.0106. The highest BCUT2D eigenvalue weighted by atomic mass is 32.2. The van der Waals surface area contributed by atoms with Crippen molar-refractivity contribution in [2.75, 3.05) is 24.7 Å². The number of sulfone groups is 1. The highest BCUT2D eigenvalue weighted by molar-refractivity contribution is 7.90. The first kappa shape index (κ1) is 19.6.